The second-order valence-electron chi connectivity index (χ2n) is 5.41. The summed E-state index contributed by atoms with van der Waals surface area (Å²) in [5.74, 6) is -3.16. The molecule has 0 spiro atoms. The fourth-order valence-electron chi connectivity index (χ4n) is 2.86. The van der Waals surface area contributed by atoms with Crippen LogP contribution >= 0.6 is 11.6 Å². The van der Waals surface area contributed by atoms with Crippen LogP contribution in [0.1, 0.15) is 26.2 Å². The summed E-state index contributed by atoms with van der Waals surface area (Å²) in [5.41, 5.74) is -0.0170. The molecule has 6 heteroatoms. The summed E-state index contributed by atoms with van der Waals surface area (Å²) in [7, 11) is 0. The lowest BCUT2D eigenvalue weighted by Crippen LogP contribution is -2.30. The van der Waals surface area contributed by atoms with Crippen molar-refractivity contribution in [2.24, 2.45) is 17.8 Å². The first-order valence-electron chi connectivity index (χ1n) is 6.91. The summed E-state index contributed by atoms with van der Waals surface area (Å²) >= 11 is 5.77. The van der Waals surface area contributed by atoms with Gasteiger partial charge in [-0.15, -0.1) is 0 Å². The van der Waals surface area contributed by atoms with Crippen molar-refractivity contribution in [2.45, 2.75) is 26.2 Å². The van der Waals surface area contributed by atoms with Gasteiger partial charge in [0.2, 0.25) is 5.91 Å². The molecule has 2 N–H and O–H groups in total. The maximum atomic E-state index is 13.6. The summed E-state index contributed by atoms with van der Waals surface area (Å²) in [6, 6.07) is 3.86. The van der Waals surface area contributed by atoms with Crippen LogP contribution in [0.15, 0.2) is 18.2 Å². The molecule has 0 radical (unpaired) electrons. The van der Waals surface area contributed by atoms with Crippen LogP contribution in [-0.4, -0.2) is 17.0 Å². The van der Waals surface area contributed by atoms with E-state index in [4.69, 9.17) is 11.6 Å². The Morgan fingerprint density at radius 2 is 2.05 bits per heavy atom. The second-order valence-corrected chi connectivity index (χ2v) is 5.85. The molecule has 114 valence electrons. The van der Waals surface area contributed by atoms with Gasteiger partial charge in [-0.25, -0.2) is 4.39 Å². The Morgan fingerprint density at radius 1 is 1.38 bits per heavy atom. The maximum Gasteiger partial charge on any atom is 0.307 e. The van der Waals surface area contributed by atoms with E-state index in [0.717, 1.165) is 12.5 Å². The summed E-state index contributed by atoms with van der Waals surface area (Å²) in [6.45, 7) is 1.97. The highest BCUT2D eigenvalue weighted by Crippen LogP contribution is 2.39. The van der Waals surface area contributed by atoms with Gasteiger partial charge in [-0.05, 0) is 37.0 Å². The SMILES string of the molecule is CCC1C[C@H](C(=O)Nc2cc(Cl)ccc2F)[C@H](C(=O)O)C1. The smallest absolute Gasteiger partial charge is 0.307 e. The van der Waals surface area contributed by atoms with Gasteiger partial charge in [-0.3, -0.25) is 9.59 Å². The first-order chi connectivity index (χ1) is 9.92. The number of carboxylic acids is 1. The van der Waals surface area contributed by atoms with Crippen LogP contribution in [0.4, 0.5) is 10.1 Å². The molecule has 1 fully saturated rings. The molecule has 0 heterocycles. The van der Waals surface area contributed by atoms with E-state index in [1.54, 1.807) is 0 Å². The normalized spacial score (nSPS) is 24.8. The van der Waals surface area contributed by atoms with E-state index in [9.17, 15) is 19.1 Å². The minimum absolute atomic E-state index is 0.0170. The molecule has 4 nitrogen and oxygen atoms in total. The molecule has 1 aromatic carbocycles. The average molecular weight is 314 g/mol. The van der Waals surface area contributed by atoms with Gasteiger partial charge < -0.3 is 10.4 Å². The highest BCUT2D eigenvalue weighted by molar-refractivity contribution is 6.30. The van der Waals surface area contributed by atoms with E-state index in [1.165, 1.54) is 12.1 Å². The molecule has 1 amide bonds. The van der Waals surface area contributed by atoms with Crippen molar-refractivity contribution in [3.8, 4) is 0 Å². The molecule has 0 aromatic heterocycles. The lowest BCUT2D eigenvalue weighted by molar-refractivity contribution is -0.145. The Labute approximate surface area is 127 Å². The number of amides is 1. The third-order valence-electron chi connectivity index (χ3n) is 4.08. The molecule has 0 aliphatic heterocycles. The lowest BCUT2D eigenvalue weighted by Gasteiger charge is -2.16. The molecule has 1 aromatic rings. The van der Waals surface area contributed by atoms with Crippen molar-refractivity contribution in [3.63, 3.8) is 0 Å². The number of benzene rings is 1. The first-order valence-corrected chi connectivity index (χ1v) is 7.28. The zero-order valence-corrected chi connectivity index (χ0v) is 12.4. The topological polar surface area (TPSA) is 66.4 Å². The summed E-state index contributed by atoms with van der Waals surface area (Å²) in [6.07, 6.45) is 1.84. The molecule has 21 heavy (non-hydrogen) atoms. The highest BCUT2D eigenvalue weighted by Gasteiger charge is 2.42. The van der Waals surface area contributed by atoms with Gasteiger partial charge in [-0.1, -0.05) is 24.9 Å². The van der Waals surface area contributed by atoms with Gasteiger partial charge in [0.05, 0.1) is 17.5 Å². The van der Waals surface area contributed by atoms with Crippen LogP contribution in [0.25, 0.3) is 0 Å². The monoisotopic (exact) mass is 313 g/mol. The third-order valence-corrected chi connectivity index (χ3v) is 4.31. The van der Waals surface area contributed by atoms with E-state index in [-0.39, 0.29) is 11.6 Å². The average Bonchev–Trinajstić information content (AvgIpc) is 2.87. The molecule has 0 bridgehead atoms. The van der Waals surface area contributed by atoms with Crippen LogP contribution < -0.4 is 5.32 Å². The fourth-order valence-corrected chi connectivity index (χ4v) is 3.03. The Hall–Kier alpha value is -1.62. The number of carboxylic acid groups (broad SMARTS) is 1. The van der Waals surface area contributed by atoms with Gasteiger partial charge in [0.15, 0.2) is 0 Å². The number of aliphatic carboxylic acids is 1. The minimum atomic E-state index is -0.974. The molecule has 1 aliphatic rings. The summed E-state index contributed by atoms with van der Waals surface area (Å²) in [5, 5.41) is 12.0. The van der Waals surface area contributed by atoms with E-state index in [2.05, 4.69) is 5.32 Å². The molecular weight excluding hydrogens is 297 g/mol. The summed E-state index contributed by atoms with van der Waals surface area (Å²) < 4.78 is 13.6. The van der Waals surface area contributed by atoms with Crippen LogP contribution in [0.3, 0.4) is 0 Å². The number of rotatable bonds is 4. The number of hydrogen-bond acceptors (Lipinski definition) is 2. The highest BCUT2D eigenvalue weighted by atomic mass is 35.5. The number of hydrogen-bond donors (Lipinski definition) is 2. The molecule has 1 aliphatic carbocycles. The minimum Gasteiger partial charge on any atom is -0.481 e. The standard InChI is InChI=1S/C15H17ClFNO3/c1-2-8-5-10(11(6-8)15(20)21)14(19)18-13-7-9(16)3-4-12(13)17/h3-4,7-8,10-11H,2,5-6H2,1H3,(H,18,19)(H,20,21)/t8?,10-,11+/m0/s1. The predicted octanol–water partition coefficient (Wildman–Crippen LogP) is 3.55. The zero-order chi connectivity index (χ0) is 15.6. The van der Waals surface area contributed by atoms with Gasteiger partial charge in [-0.2, -0.15) is 0 Å². The number of carbonyl (C=O) groups excluding carboxylic acids is 1. The van der Waals surface area contributed by atoms with Crippen LogP contribution in [-0.2, 0) is 9.59 Å². The Morgan fingerprint density at radius 3 is 2.67 bits per heavy atom. The quantitative estimate of drug-likeness (QED) is 0.893. The van der Waals surface area contributed by atoms with E-state index >= 15 is 0 Å². The van der Waals surface area contributed by atoms with Gasteiger partial charge in [0.25, 0.3) is 0 Å². The van der Waals surface area contributed by atoms with E-state index < -0.39 is 29.5 Å². The van der Waals surface area contributed by atoms with Crippen molar-refractivity contribution in [1.29, 1.82) is 0 Å². The maximum absolute atomic E-state index is 13.6. The Kier molecular flexibility index (Phi) is 4.83. The zero-order valence-electron chi connectivity index (χ0n) is 11.6. The molecule has 3 atom stereocenters. The van der Waals surface area contributed by atoms with Gasteiger partial charge >= 0.3 is 5.97 Å². The number of halogens is 2. The van der Waals surface area contributed by atoms with Crippen molar-refractivity contribution in [2.75, 3.05) is 5.32 Å². The number of nitrogens with one attached hydrogen (secondary N) is 1. The van der Waals surface area contributed by atoms with E-state index in [0.29, 0.717) is 17.9 Å². The van der Waals surface area contributed by atoms with Gasteiger partial charge in [0.1, 0.15) is 5.82 Å². The molecule has 2 rings (SSSR count). The van der Waals surface area contributed by atoms with Crippen molar-refractivity contribution >= 4 is 29.2 Å². The molecule has 0 saturated heterocycles. The molecule has 1 saturated carbocycles. The Bertz CT molecular complexity index is 564. The molecular formula is C15H17ClFNO3. The van der Waals surface area contributed by atoms with E-state index in [1.807, 2.05) is 6.92 Å². The first kappa shape index (κ1) is 15.8. The Balaban J connectivity index is 2.15. The second kappa shape index (κ2) is 6.43. The predicted molar refractivity (Wildman–Crippen MR) is 77.7 cm³/mol. The van der Waals surface area contributed by atoms with Crippen molar-refractivity contribution in [3.05, 3.63) is 29.0 Å². The van der Waals surface area contributed by atoms with Crippen LogP contribution in [0, 0.1) is 23.6 Å². The van der Waals surface area contributed by atoms with Crippen LogP contribution in [0.2, 0.25) is 5.02 Å². The van der Waals surface area contributed by atoms with Gasteiger partial charge in [0, 0.05) is 5.02 Å². The van der Waals surface area contributed by atoms with Crippen LogP contribution in [0.5, 0.6) is 0 Å². The fraction of sp³-hybridized carbons (Fsp3) is 0.467. The third kappa shape index (κ3) is 3.53. The van der Waals surface area contributed by atoms with Crippen molar-refractivity contribution in [1.82, 2.24) is 0 Å². The number of anilines is 1. The lowest BCUT2D eigenvalue weighted by atomic mass is 9.95. The number of carbonyl (C=O) groups is 2. The largest absolute Gasteiger partial charge is 0.481 e. The van der Waals surface area contributed by atoms with Crippen molar-refractivity contribution < 1.29 is 19.1 Å². The summed E-state index contributed by atoms with van der Waals surface area (Å²) in [4.78, 5) is 23.5. The molecule has 1 unspecified atom stereocenters.